The molecule has 0 unspecified atom stereocenters. The number of hydrogen-bond acceptors (Lipinski definition) is 3. The molecule has 0 heterocycles. The molecule has 2 N–H and O–H groups in total. The van der Waals surface area contributed by atoms with Crippen LogP contribution >= 0.6 is 0 Å². The number of nitro groups is 1. The summed E-state index contributed by atoms with van der Waals surface area (Å²) in [6, 6.07) is 6.32. The topological polar surface area (TPSA) is 69.2 Å². The Hall–Kier alpha value is -1.68. The van der Waals surface area contributed by atoms with E-state index < -0.39 is 4.92 Å². The predicted molar refractivity (Wildman–Crippen MR) is 55.8 cm³/mol. The number of nitrogens with zero attached hydrogens (tertiary/aromatic N) is 1. The first-order valence-electron chi connectivity index (χ1n) is 4.28. The lowest BCUT2D eigenvalue weighted by Gasteiger charge is -2.02. The molecule has 0 saturated carbocycles. The SMILES string of the molecule is C=C(CCN)c1ccc([N+](=O)[O-])cc1. The molecule has 0 bridgehead atoms. The van der Waals surface area contributed by atoms with Gasteiger partial charge in [-0.15, -0.1) is 0 Å². The fourth-order valence-corrected chi connectivity index (χ4v) is 1.14. The van der Waals surface area contributed by atoms with Crippen molar-refractivity contribution in [3.05, 3.63) is 46.5 Å². The summed E-state index contributed by atoms with van der Waals surface area (Å²) in [5, 5.41) is 10.4. The molecule has 1 rings (SSSR count). The van der Waals surface area contributed by atoms with Gasteiger partial charge < -0.3 is 5.73 Å². The van der Waals surface area contributed by atoms with Gasteiger partial charge in [0.15, 0.2) is 0 Å². The van der Waals surface area contributed by atoms with Crippen molar-refractivity contribution in [2.24, 2.45) is 5.73 Å². The average molecular weight is 192 g/mol. The Morgan fingerprint density at radius 3 is 2.43 bits per heavy atom. The number of benzene rings is 1. The van der Waals surface area contributed by atoms with Crippen LogP contribution in [0.2, 0.25) is 0 Å². The standard InChI is InChI=1S/C10H12N2O2/c1-8(6-7-11)9-2-4-10(5-3-9)12(13)14/h2-5H,1,6-7,11H2. The van der Waals surface area contributed by atoms with E-state index in [2.05, 4.69) is 6.58 Å². The second kappa shape index (κ2) is 4.53. The Bertz CT molecular complexity index is 344. The maximum atomic E-state index is 10.4. The zero-order valence-corrected chi connectivity index (χ0v) is 7.77. The summed E-state index contributed by atoms with van der Waals surface area (Å²) in [5.74, 6) is 0. The highest BCUT2D eigenvalue weighted by atomic mass is 16.6. The number of nitrogens with two attached hydrogens (primary N) is 1. The second-order valence-electron chi connectivity index (χ2n) is 2.95. The van der Waals surface area contributed by atoms with E-state index >= 15 is 0 Å². The molecule has 0 aliphatic rings. The van der Waals surface area contributed by atoms with Gasteiger partial charge >= 0.3 is 0 Å². The van der Waals surface area contributed by atoms with Gasteiger partial charge in [-0.25, -0.2) is 0 Å². The largest absolute Gasteiger partial charge is 0.330 e. The van der Waals surface area contributed by atoms with Crippen LogP contribution in [0.4, 0.5) is 5.69 Å². The van der Waals surface area contributed by atoms with Crippen molar-refractivity contribution in [3.8, 4) is 0 Å². The summed E-state index contributed by atoms with van der Waals surface area (Å²) in [7, 11) is 0. The Kier molecular flexibility index (Phi) is 3.36. The van der Waals surface area contributed by atoms with Crippen LogP contribution in [0.3, 0.4) is 0 Å². The summed E-state index contributed by atoms with van der Waals surface area (Å²) in [5.41, 5.74) is 7.28. The van der Waals surface area contributed by atoms with E-state index in [1.54, 1.807) is 12.1 Å². The van der Waals surface area contributed by atoms with E-state index in [1.165, 1.54) is 12.1 Å². The highest BCUT2D eigenvalue weighted by Crippen LogP contribution is 2.18. The van der Waals surface area contributed by atoms with Gasteiger partial charge in [0.25, 0.3) is 5.69 Å². The van der Waals surface area contributed by atoms with Crippen LogP contribution < -0.4 is 5.73 Å². The Labute approximate surface area is 82.2 Å². The molecule has 1 aromatic rings. The van der Waals surface area contributed by atoms with Gasteiger partial charge in [0.1, 0.15) is 0 Å². The van der Waals surface area contributed by atoms with Crippen molar-refractivity contribution < 1.29 is 4.92 Å². The molecule has 74 valence electrons. The normalized spacial score (nSPS) is 9.79. The molecule has 0 atom stereocenters. The van der Waals surface area contributed by atoms with E-state index in [-0.39, 0.29) is 5.69 Å². The zero-order valence-electron chi connectivity index (χ0n) is 7.77. The van der Waals surface area contributed by atoms with Gasteiger partial charge in [-0.1, -0.05) is 6.58 Å². The molecule has 1 aromatic carbocycles. The lowest BCUT2D eigenvalue weighted by molar-refractivity contribution is -0.384. The van der Waals surface area contributed by atoms with Crippen LogP contribution in [-0.4, -0.2) is 11.5 Å². The summed E-state index contributed by atoms with van der Waals surface area (Å²) >= 11 is 0. The summed E-state index contributed by atoms with van der Waals surface area (Å²) in [6.45, 7) is 4.38. The third-order valence-electron chi connectivity index (χ3n) is 1.93. The first-order chi connectivity index (χ1) is 6.65. The van der Waals surface area contributed by atoms with Crippen LogP contribution in [0.25, 0.3) is 5.57 Å². The molecule has 0 saturated heterocycles. The van der Waals surface area contributed by atoms with Gasteiger partial charge in [0.2, 0.25) is 0 Å². The van der Waals surface area contributed by atoms with Crippen molar-refractivity contribution in [2.75, 3.05) is 6.54 Å². The number of hydrogen-bond donors (Lipinski definition) is 1. The van der Waals surface area contributed by atoms with E-state index in [4.69, 9.17) is 5.73 Å². The molecular formula is C10H12N2O2. The molecule has 0 aliphatic heterocycles. The first kappa shape index (κ1) is 10.4. The Morgan fingerprint density at radius 1 is 1.43 bits per heavy atom. The van der Waals surface area contributed by atoms with Crippen LogP contribution in [0.5, 0.6) is 0 Å². The molecule has 0 aliphatic carbocycles. The van der Waals surface area contributed by atoms with Gasteiger partial charge in [0.05, 0.1) is 4.92 Å². The lowest BCUT2D eigenvalue weighted by atomic mass is 10.0. The quantitative estimate of drug-likeness (QED) is 0.585. The van der Waals surface area contributed by atoms with Gasteiger partial charge in [-0.05, 0) is 36.2 Å². The maximum absolute atomic E-state index is 10.4. The fraction of sp³-hybridized carbons (Fsp3) is 0.200. The van der Waals surface area contributed by atoms with Crippen LogP contribution in [0.15, 0.2) is 30.8 Å². The van der Waals surface area contributed by atoms with Crippen molar-refractivity contribution in [2.45, 2.75) is 6.42 Å². The minimum Gasteiger partial charge on any atom is -0.330 e. The summed E-state index contributed by atoms with van der Waals surface area (Å²) in [6.07, 6.45) is 0.706. The summed E-state index contributed by atoms with van der Waals surface area (Å²) in [4.78, 5) is 9.95. The van der Waals surface area contributed by atoms with Gasteiger partial charge in [0, 0.05) is 12.1 Å². The molecule has 0 radical (unpaired) electrons. The summed E-state index contributed by atoms with van der Waals surface area (Å²) < 4.78 is 0. The molecule has 14 heavy (non-hydrogen) atoms. The average Bonchev–Trinajstić information content (AvgIpc) is 2.18. The molecule has 0 aromatic heterocycles. The molecular weight excluding hydrogens is 180 g/mol. The van der Waals surface area contributed by atoms with Crippen molar-refractivity contribution in [3.63, 3.8) is 0 Å². The highest BCUT2D eigenvalue weighted by Gasteiger charge is 2.04. The highest BCUT2D eigenvalue weighted by molar-refractivity contribution is 5.64. The maximum Gasteiger partial charge on any atom is 0.269 e. The van der Waals surface area contributed by atoms with E-state index in [9.17, 15) is 10.1 Å². The van der Waals surface area contributed by atoms with Crippen molar-refractivity contribution in [1.29, 1.82) is 0 Å². The number of rotatable bonds is 4. The molecule has 0 fully saturated rings. The van der Waals surface area contributed by atoms with E-state index in [1.807, 2.05) is 0 Å². The van der Waals surface area contributed by atoms with Crippen molar-refractivity contribution in [1.82, 2.24) is 0 Å². The smallest absolute Gasteiger partial charge is 0.269 e. The minimum atomic E-state index is -0.421. The zero-order chi connectivity index (χ0) is 10.6. The minimum absolute atomic E-state index is 0.0919. The number of non-ortho nitro benzene ring substituents is 1. The van der Waals surface area contributed by atoms with Crippen LogP contribution in [0, 0.1) is 10.1 Å². The predicted octanol–water partition coefficient (Wildman–Crippen LogP) is 1.96. The molecule has 4 nitrogen and oxygen atoms in total. The number of nitro benzene ring substituents is 1. The van der Waals surface area contributed by atoms with Gasteiger partial charge in [-0.2, -0.15) is 0 Å². The Balaban J connectivity index is 2.83. The van der Waals surface area contributed by atoms with Crippen LogP contribution in [0.1, 0.15) is 12.0 Å². The molecule has 4 heteroatoms. The monoisotopic (exact) mass is 192 g/mol. The lowest BCUT2D eigenvalue weighted by Crippen LogP contribution is -1.99. The molecule has 0 amide bonds. The van der Waals surface area contributed by atoms with Crippen molar-refractivity contribution >= 4 is 11.3 Å². The second-order valence-corrected chi connectivity index (χ2v) is 2.95. The van der Waals surface area contributed by atoms with Gasteiger partial charge in [-0.3, -0.25) is 10.1 Å². The van der Waals surface area contributed by atoms with E-state index in [0.717, 1.165) is 11.1 Å². The Morgan fingerprint density at radius 2 is 2.00 bits per heavy atom. The molecule has 0 spiro atoms. The van der Waals surface area contributed by atoms with Crippen LogP contribution in [-0.2, 0) is 0 Å². The third kappa shape index (κ3) is 2.40. The first-order valence-corrected chi connectivity index (χ1v) is 4.28. The fourth-order valence-electron chi connectivity index (χ4n) is 1.14. The third-order valence-corrected chi connectivity index (χ3v) is 1.93. The van der Waals surface area contributed by atoms with E-state index in [0.29, 0.717) is 13.0 Å².